The fraction of sp³-hybridized carbons (Fsp3) is 0.333. The average Bonchev–Trinajstić information content (AvgIpc) is 2.39. The molecule has 1 aliphatic carbocycles. The van der Waals surface area contributed by atoms with E-state index in [0.29, 0.717) is 5.92 Å². The smallest absolute Gasteiger partial charge is 0.0929 e. The maximum Gasteiger partial charge on any atom is 0.0929 e. The Balaban J connectivity index is 1.92. The molecule has 3 rings (SSSR count). The minimum absolute atomic E-state index is 0.567. The first-order valence-corrected chi connectivity index (χ1v) is 6.22. The molecule has 2 nitrogen and oxygen atoms in total. The lowest BCUT2D eigenvalue weighted by Crippen LogP contribution is -2.08. The standard InChI is InChI=1S/C15H16N2/c1-11-6-8-12(9-7-11)15-10-13-4-2-3-5-14(13)16-17-15/h2-5,10,12H,1,6-9H2. The predicted molar refractivity (Wildman–Crippen MR) is 69.9 cm³/mol. The summed E-state index contributed by atoms with van der Waals surface area (Å²) in [6.07, 6.45) is 4.62. The predicted octanol–water partition coefficient (Wildman–Crippen LogP) is 3.84. The topological polar surface area (TPSA) is 25.8 Å². The Morgan fingerprint density at radius 3 is 2.65 bits per heavy atom. The second-order valence-electron chi connectivity index (χ2n) is 4.85. The van der Waals surface area contributed by atoms with Crippen molar-refractivity contribution in [3.63, 3.8) is 0 Å². The van der Waals surface area contributed by atoms with Crippen molar-refractivity contribution >= 4 is 10.9 Å². The molecule has 0 saturated heterocycles. The van der Waals surface area contributed by atoms with Gasteiger partial charge in [-0.15, -0.1) is 0 Å². The highest BCUT2D eigenvalue weighted by molar-refractivity contribution is 5.78. The first kappa shape index (κ1) is 10.5. The normalized spacial score (nSPS) is 17.5. The highest BCUT2D eigenvalue weighted by atomic mass is 15.1. The summed E-state index contributed by atoms with van der Waals surface area (Å²) in [4.78, 5) is 0. The van der Waals surface area contributed by atoms with Gasteiger partial charge in [0.25, 0.3) is 0 Å². The summed E-state index contributed by atoms with van der Waals surface area (Å²) >= 11 is 0. The van der Waals surface area contributed by atoms with E-state index in [0.717, 1.165) is 24.1 Å². The molecule has 0 amide bonds. The molecular weight excluding hydrogens is 208 g/mol. The lowest BCUT2D eigenvalue weighted by atomic mass is 9.84. The van der Waals surface area contributed by atoms with Crippen LogP contribution in [0.2, 0.25) is 0 Å². The van der Waals surface area contributed by atoms with Crippen molar-refractivity contribution in [2.24, 2.45) is 0 Å². The van der Waals surface area contributed by atoms with Crippen molar-refractivity contribution in [1.29, 1.82) is 0 Å². The molecule has 2 heteroatoms. The Morgan fingerprint density at radius 2 is 1.82 bits per heavy atom. The molecule has 0 atom stereocenters. The lowest BCUT2D eigenvalue weighted by Gasteiger charge is -2.22. The summed E-state index contributed by atoms with van der Waals surface area (Å²) < 4.78 is 0. The maximum absolute atomic E-state index is 4.38. The molecular formula is C15H16N2. The average molecular weight is 224 g/mol. The van der Waals surface area contributed by atoms with Gasteiger partial charge in [-0.2, -0.15) is 10.2 Å². The molecule has 1 aliphatic rings. The molecule has 1 heterocycles. The Morgan fingerprint density at radius 1 is 1.06 bits per heavy atom. The summed E-state index contributed by atoms with van der Waals surface area (Å²) in [7, 11) is 0. The largest absolute Gasteiger partial charge is 0.155 e. The summed E-state index contributed by atoms with van der Waals surface area (Å²) in [5, 5.41) is 9.88. The summed E-state index contributed by atoms with van der Waals surface area (Å²) in [6.45, 7) is 4.06. The van der Waals surface area contributed by atoms with Crippen LogP contribution in [-0.2, 0) is 0 Å². The molecule has 1 aromatic heterocycles. The SMILES string of the molecule is C=C1CCC(c2cc3ccccc3nn2)CC1. The molecule has 1 aromatic carbocycles. The third-order valence-corrected chi connectivity index (χ3v) is 3.62. The van der Waals surface area contributed by atoms with E-state index in [2.05, 4.69) is 35.0 Å². The number of hydrogen-bond donors (Lipinski definition) is 0. The van der Waals surface area contributed by atoms with Crippen LogP contribution in [0.25, 0.3) is 10.9 Å². The molecule has 1 fully saturated rings. The van der Waals surface area contributed by atoms with E-state index in [1.807, 2.05) is 12.1 Å². The minimum atomic E-state index is 0.567. The van der Waals surface area contributed by atoms with Crippen LogP contribution in [0.4, 0.5) is 0 Å². The van der Waals surface area contributed by atoms with Gasteiger partial charge in [0.15, 0.2) is 0 Å². The van der Waals surface area contributed by atoms with Gasteiger partial charge in [-0.25, -0.2) is 0 Å². The second-order valence-corrected chi connectivity index (χ2v) is 4.85. The Labute approximate surface area is 101 Å². The molecule has 17 heavy (non-hydrogen) atoms. The number of hydrogen-bond acceptors (Lipinski definition) is 2. The number of nitrogens with zero attached hydrogens (tertiary/aromatic N) is 2. The van der Waals surface area contributed by atoms with Gasteiger partial charge in [0.1, 0.15) is 0 Å². The molecule has 0 aliphatic heterocycles. The van der Waals surface area contributed by atoms with Crippen LogP contribution in [0.3, 0.4) is 0 Å². The van der Waals surface area contributed by atoms with E-state index in [-0.39, 0.29) is 0 Å². The van der Waals surface area contributed by atoms with Crippen molar-refractivity contribution in [2.75, 3.05) is 0 Å². The quantitative estimate of drug-likeness (QED) is 0.688. The van der Waals surface area contributed by atoms with Gasteiger partial charge >= 0.3 is 0 Å². The van der Waals surface area contributed by atoms with Crippen molar-refractivity contribution in [2.45, 2.75) is 31.6 Å². The molecule has 0 radical (unpaired) electrons. The van der Waals surface area contributed by atoms with Crippen LogP contribution < -0.4 is 0 Å². The van der Waals surface area contributed by atoms with Crippen molar-refractivity contribution in [3.05, 3.63) is 48.2 Å². The molecule has 0 N–H and O–H groups in total. The van der Waals surface area contributed by atoms with Gasteiger partial charge in [0.2, 0.25) is 0 Å². The third-order valence-electron chi connectivity index (χ3n) is 3.62. The number of allylic oxidation sites excluding steroid dienone is 1. The zero-order valence-corrected chi connectivity index (χ0v) is 9.89. The van der Waals surface area contributed by atoms with E-state index < -0.39 is 0 Å². The minimum Gasteiger partial charge on any atom is -0.155 e. The van der Waals surface area contributed by atoms with Crippen LogP contribution in [0.15, 0.2) is 42.5 Å². The van der Waals surface area contributed by atoms with E-state index >= 15 is 0 Å². The Bertz CT molecular complexity index is 550. The summed E-state index contributed by atoms with van der Waals surface area (Å²) in [5.74, 6) is 0.567. The van der Waals surface area contributed by atoms with Crippen LogP contribution in [-0.4, -0.2) is 10.2 Å². The molecule has 1 saturated carbocycles. The molecule has 2 aromatic rings. The first-order chi connectivity index (χ1) is 8.33. The van der Waals surface area contributed by atoms with Gasteiger partial charge in [-0.05, 0) is 37.8 Å². The second kappa shape index (κ2) is 4.28. The fourth-order valence-corrected chi connectivity index (χ4v) is 2.52. The number of benzene rings is 1. The monoisotopic (exact) mass is 224 g/mol. The van der Waals surface area contributed by atoms with E-state index in [9.17, 15) is 0 Å². The zero-order chi connectivity index (χ0) is 11.7. The third kappa shape index (κ3) is 2.07. The zero-order valence-electron chi connectivity index (χ0n) is 9.89. The maximum atomic E-state index is 4.38. The molecule has 0 unspecified atom stereocenters. The van der Waals surface area contributed by atoms with Gasteiger partial charge in [-0.3, -0.25) is 0 Å². The van der Waals surface area contributed by atoms with E-state index in [1.54, 1.807) is 0 Å². The van der Waals surface area contributed by atoms with Crippen LogP contribution in [0.1, 0.15) is 37.3 Å². The van der Waals surface area contributed by atoms with E-state index in [4.69, 9.17) is 0 Å². The van der Waals surface area contributed by atoms with Crippen molar-refractivity contribution < 1.29 is 0 Å². The fourth-order valence-electron chi connectivity index (χ4n) is 2.52. The van der Waals surface area contributed by atoms with Gasteiger partial charge in [-0.1, -0.05) is 30.4 Å². The van der Waals surface area contributed by atoms with Crippen molar-refractivity contribution in [3.8, 4) is 0 Å². The Hall–Kier alpha value is -1.70. The highest BCUT2D eigenvalue weighted by Gasteiger charge is 2.19. The molecule has 0 spiro atoms. The molecule has 86 valence electrons. The summed E-state index contributed by atoms with van der Waals surface area (Å²) in [6, 6.07) is 10.4. The number of fused-ring (bicyclic) bond motifs is 1. The highest BCUT2D eigenvalue weighted by Crippen LogP contribution is 2.34. The van der Waals surface area contributed by atoms with Gasteiger partial charge in [0, 0.05) is 11.3 Å². The Kier molecular flexibility index (Phi) is 2.63. The van der Waals surface area contributed by atoms with Gasteiger partial charge < -0.3 is 0 Å². The van der Waals surface area contributed by atoms with E-state index in [1.165, 1.54) is 23.8 Å². The van der Waals surface area contributed by atoms with Crippen LogP contribution in [0, 0.1) is 0 Å². The van der Waals surface area contributed by atoms with Crippen LogP contribution in [0.5, 0.6) is 0 Å². The van der Waals surface area contributed by atoms with Gasteiger partial charge in [0.05, 0.1) is 11.2 Å². The molecule has 0 bridgehead atoms. The number of aromatic nitrogens is 2. The van der Waals surface area contributed by atoms with Crippen LogP contribution >= 0.6 is 0 Å². The first-order valence-electron chi connectivity index (χ1n) is 6.22. The summed E-state index contributed by atoms with van der Waals surface area (Å²) in [5.41, 5.74) is 3.52. The number of rotatable bonds is 1. The van der Waals surface area contributed by atoms with Crippen molar-refractivity contribution in [1.82, 2.24) is 10.2 Å². The lowest BCUT2D eigenvalue weighted by molar-refractivity contribution is 0.504.